The van der Waals surface area contributed by atoms with E-state index in [2.05, 4.69) is 6.92 Å². The number of carbonyl (C=O) groups is 2. The van der Waals surface area contributed by atoms with Gasteiger partial charge < -0.3 is 14.9 Å². The molecule has 154 valence electrons. The lowest BCUT2D eigenvalue weighted by Crippen LogP contribution is -2.57. The zero-order chi connectivity index (χ0) is 20.3. The topological polar surface area (TPSA) is 83.8 Å². The molecular formula is C22H36O5. The van der Waals surface area contributed by atoms with Crippen molar-refractivity contribution in [2.45, 2.75) is 85.0 Å². The minimum atomic E-state index is -0.995. The third kappa shape index (κ3) is 3.15. The molecule has 0 aromatic rings. The van der Waals surface area contributed by atoms with Gasteiger partial charge in [0.2, 0.25) is 0 Å². The van der Waals surface area contributed by atoms with Gasteiger partial charge in [0.1, 0.15) is 11.9 Å². The summed E-state index contributed by atoms with van der Waals surface area (Å²) in [6.07, 6.45) is 1.14. The monoisotopic (exact) mass is 380 g/mol. The van der Waals surface area contributed by atoms with Gasteiger partial charge in [-0.15, -0.1) is 0 Å². The van der Waals surface area contributed by atoms with Crippen LogP contribution in [0.2, 0.25) is 0 Å². The second-order valence-electron chi connectivity index (χ2n) is 10.2. The second kappa shape index (κ2) is 6.84. The molecule has 0 unspecified atom stereocenters. The van der Waals surface area contributed by atoms with Crippen molar-refractivity contribution in [3.05, 3.63) is 0 Å². The summed E-state index contributed by atoms with van der Waals surface area (Å²) in [5, 5.41) is 23.0. The summed E-state index contributed by atoms with van der Waals surface area (Å²) in [4.78, 5) is 24.4. The first-order valence-electron chi connectivity index (χ1n) is 10.5. The van der Waals surface area contributed by atoms with Crippen molar-refractivity contribution >= 4 is 11.8 Å². The van der Waals surface area contributed by atoms with Crippen LogP contribution in [0.1, 0.15) is 67.2 Å². The molecule has 0 spiro atoms. The zero-order valence-corrected chi connectivity index (χ0v) is 17.6. The van der Waals surface area contributed by atoms with Crippen LogP contribution in [0.15, 0.2) is 0 Å². The van der Waals surface area contributed by atoms with E-state index in [1.807, 2.05) is 27.7 Å². The first-order valence-corrected chi connectivity index (χ1v) is 10.5. The van der Waals surface area contributed by atoms with Crippen LogP contribution in [0.25, 0.3) is 0 Å². The summed E-state index contributed by atoms with van der Waals surface area (Å²) < 4.78 is 5.64. The highest BCUT2D eigenvalue weighted by molar-refractivity contribution is 5.83. The number of ether oxygens (including phenoxy) is 1. The number of esters is 1. The smallest absolute Gasteiger partial charge is 0.303 e. The van der Waals surface area contributed by atoms with Gasteiger partial charge in [-0.05, 0) is 48.3 Å². The van der Waals surface area contributed by atoms with Crippen molar-refractivity contribution in [2.24, 2.45) is 40.9 Å². The number of ketones is 1. The van der Waals surface area contributed by atoms with E-state index in [1.54, 1.807) is 0 Å². The summed E-state index contributed by atoms with van der Waals surface area (Å²) in [5.41, 5.74) is -1.27. The molecule has 3 saturated carbocycles. The normalized spacial score (nSPS) is 50.1. The maximum atomic E-state index is 12.5. The van der Waals surface area contributed by atoms with Crippen molar-refractivity contribution in [1.29, 1.82) is 0 Å². The fourth-order valence-corrected chi connectivity index (χ4v) is 6.72. The van der Waals surface area contributed by atoms with Crippen LogP contribution in [0, 0.1) is 40.9 Å². The molecule has 5 nitrogen and oxygen atoms in total. The molecule has 0 radical (unpaired) electrons. The Hall–Kier alpha value is -0.940. The molecule has 3 aliphatic carbocycles. The van der Waals surface area contributed by atoms with Crippen LogP contribution in [0.4, 0.5) is 0 Å². The van der Waals surface area contributed by atoms with Gasteiger partial charge in [0.25, 0.3) is 0 Å². The largest absolute Gasteiger partial charge is 0.459 e. The summed E-state index contributed by atoms with van der Waals surface area (Å²) in [5.74, 6) is -0.358. The molecule has 3 aliphatic rings. The number of fused-ring (bicyclic) bond motifs is 2. The SMILES string of the molecule is CC(=O)O[C@H]1[C@H](C)[C@@H]2CC(=O)[C@@H](C)[C@@H]2C[C@@]2(C)CC[C@@](O)(C(C)C)[C@@H]2[C@H]1O. The Morgan fingerprint density at radius 1 is 1.22 bits per heavy atom. The maximum absolute atomic E-state index is 12.5. The first-order chi connectivity index (χ1) is 12.4. The lowest BCUT2D eigenvalue weighted by molar-refractivity contribution is -0.189. The van der Waals surface area contributed by atoms with Crippen molar-refractivity contribution in [2.75, 3.05) is 0 Å². The lowest BCUT2D eigenvalue weighted by atomic mass is 9.58. The Labute approximate surface area is 162 Å². The van der Waals surface area contributed by atoms with E-state index >= 15 is 0 Å². The molecule has 3 fully saturated rings. The van der Waals surface area contributed by atoms with E-state index in [0.717, 1.165) is 12.8 Å². The van der Waals surface area contributed by atoms with Gasteiger partial charge in [-0.2, -0.15) is 0 Å². The van der Waals surface area contributed by atoms with Crippen LogP contribution in [-0.2, 0) is 14.3 Å². The van der Waals surface area contributed by atoms with Gasteiger partial charge in [0, 0.05) is 25.2 Å². The average molecular weight is 381 g/mol. The Morgan fingerprint density at radius 3 is 2.41 bits per heavy atom. The van der Waals surface area contributed by atoms with E-state index in [0.29, 0.717) is 12.8 Å². The fraction of sp³-hybridized carbons (Fsp3) is 0.909. The molecule has 9 atom stereocenters. The second-order valence-corrected chi connectivity index (χ2v) is 10.2. The summed E-state index contributed by atoms with van der Waals surface area (Å²) in [6.45, 7) is 11.5. The van der Waals surface area contributed by atoms with Crippen LogP contribution in [-0.4, -0.2) is 39.8 Å². The van der Waals surface area contributed by atoms with E-state index in [9.17, 15) is 19.8 Å². The molecular weight excluding hydrogens is 344 g/mol. The number of hydrogen-bond acceptors (Lipinski definition) is 5. The quantitative estimate of drug-likeness (QED) is 0.720. The van der Waals surface area contributed by atoms with Crippen molar-refractivity contribution in [1.82, 2.24) is 0 Å². The van der Waals surface area contributed by atoms with Crippen LogP contribution >= 0.6 is 0 Å². The molecule has 3 rings (SSSR count). The van der Waals surface area contributed by atoms with E-state index in [4.69, 9.17) is 4.74 Å². The average Bonchev–Trinajstić information content (AvgIpc) is 3.00. The minimum Gasteiger partial charge on any atom is -0.459 e. The third-order valence-electron chi connectivity index (χ3n) is 8.40. The summed E-state index contributed by atoms with van der Waals surface area (Å²) in [7, 11) is 0. The molecule has 0 bridgehead atoms. The molecule has 0 amide bonds. The van der Waals surface area contributed by atoms with Crippen molar-refractivity contribution in [3.8, 4) is 0 Å². The van der Waals surface area contributed by atoms with Crippen LogP contribution < -0.4 is 0 Å². The van der Waals surface area contributed by atoms with E-state index < -0.39 is 23.8 Å². The highest BCUT2D eigenvalue weighted by Crippen LogP contribution is 2.61. The highest BCUT2D eigenvalue weighted by Gasteiger charge is 2.63. The Bertz CT molecular complexity index is 616. The molecule has 0 heterocycles. The first kappa shape index (κ1) is 20.8. The van der Waals surface area contributed by atoms with E-state index in [1.165, 1.54) is 6.92 Å². The van der Waals surface area contributed by atoms with Crippen LogP contribution in [0.3, 0.4) is 0 Å². The Kier molecular flexibility index (Phi) is 5.26. The van der Waals surface area contributed by atoms with Crippen molar-refractivity contribution < 1.29 is 24.5 Å². The highest BCUT2D eigenvalue weighted by atomic mass is 16.6. The Balaban J connectivity index is 2.10. The van der Waals surface area contributed by atoms with Crippen molar-refractivity contribution in [3.63, 3.8) is 0 Å². The summed E-state index contributed by atoms with van der Waals surface area (Å²) >= 11 is 0. The van der Waals surface area contributed by atoms with Gasteiger partial charge in [-0.3, -0.25) is 9.59 Å². The predicted molar refractivity (Wildman–Crippen MR) is 102 cm³/mol. The van der Waals surface area contributed by atoms with E-state index in [-0.39, 0.29) is 46.7 Å². The van der Waals surface area contributed by atoms with Gasteiger partial charge in [-0.25, -0.2) is 0 Å². The van der Waals surface area contributed by atoms with Gasteiger partial charge >= 0.3 is 5.97 Å². The zero-order valence-electron chi connectivity index (χ0n) is 17.6. The number of aliphatic hydroxyl groups is 2. The summed E-state index contributed by atoms with van der Waals surface area (Å²) in [6, 6.07) is 0. The molecule has 5 heteroatoms. The molecule has 2 N–H and O–H groups in total. The minimum absolute atomic E-state index is 0.00915. The molecule has 0 aromatic heterocycles. The predicted octanol–water partition coefficient (Wildman–Crippen LogP) is 2.96. The fourth-order valence-electron chi connectivity index (χ4n) is 6.72. The number of hydrogen-bond donors (Lipinski definition) is 2. The molecule has 27 heavy (non-hydrogen) atoms. The maximum Gasteiger partial charge on any atom is 0.303 e. The lowest BCUT2D eigenvalue weighted by Gasteiger charge is -2.50. The number of carbonyl (C=O) groups excluding carboxylic acids is 2. The Morgan fingerprint density at radius 2 is 1.85 bits per heavy atom. The molecule has 0 saturated heterocycles. The third-order valence-corrected chi connectivity index (χ3v) is 8.40. The van der Waals surface area contributed by atoms with Crippen LogP contribution in [0.5, 0.6) is 0 Å². The number of Topliss-reactive ketones (excluding diaryl/α,β-unsaturated/α-hetero) is 1. The number of aliphatic hydroxyl groups excluding tert-OH is 1. The molecule has 0 aromatic carbocycles. The van der Waals surface area contributed by atoms with Gasteiger partial charge in [0.05, 0.1) is 11.7 Å². The van der Waals surface area contributed by atoms with Gasteiger partial charge in [0.15, 0.2) is 0 Å². The molecule has 0 aliphatic heterocycles. The van der Waals surface area contributed by atoms with Gasteiger partial charge in [-0.1, -0.05) is 34.6 Å². The standard InChI is InChI=1S/C22H36O5/c1-11(2)22(26)8-7-21(6)10-16-12(3)17(24)9-15(16)13(4)19(27-14(5)23)18(25)20(21)22/h11-13,15-16,18-20,25-26H,7-10H2,1-6H3/t12-,13+,15-,16-,18-,19-,20+,21+,22+/m0/s1. The number of rotatable bonds is 2.